The average molecular weight is 379 g/mol. The quantitative estimate of drug-likeness (QED) is 0.740. The van der Waals surface area contributed by atoms with Crippen LogP contribution < -0.4 is 5.32 Å². The molecule has 2 rings (SSSR count). The first-order chi connectivity index (χ1) is 12.8. The lowest BCUT2D eigenvalue weighted by Gasteiger charge is -2.17. The molecular weight excluding hydrogens is 359 g/mol. The van der Waals surface area contributed by atoms with E-state index in [0.717, 1.165) is 36.2 Å². The molecule has 7 heteroatoms. The van der Waals surface area contributed by atoms with E-state index in [9.17, 15) is 22.8 Å². The van der Waals surface area contributed by atoms with Crippen molar-refractivity contribution in [3.05, 3.63) is 71.3 Å². The number of benzene rings is 2. The van der Waals surface area contributed by atoms with Gasteiger partial charge in [-0.2, -0.15) is 13.2 Å². The molecule has 0 bridgehead atoms. The molecule has 0 saturated heterocycles. The SMILES string of the molecule is COC(=O)[C@@H](CCCc1ccccc1)NC(=O)c1ccc(C(F)(F)F)cc1. The van der Waals surface area contributed by atoms with Crippen molar-refractivity contribution in [3.63, 3.8) is 0 Å². The highest BCUT2D eigenvalue weighted by Gasteiger charge is 2.30. The molecule has 2 aromatic carbocycles. The molecule has 0 aromatic heterocycles. The van der Waals surface area contributed by atoms with E-state index in [1.54, 1.807) is 0 Å². The zero-order chi connectivity index (χ0) is 19.9. The summed E-state index contributed by atoms with van der Waals surface area (Å²) in [5, 5.41) is 2.53. The number of alkyl halides is 3. The van der Waals surface area contributed by atoms with Crippen LogP contribution in [0.1, 0.15) is 34.3 Å². The van der Waals surface area contributed by atoms with Gasteiger partial charge >= 0.3 is 12.1 Å². The van der Waals surface area contributed by atoms with E-state index in [2.05, 4.69) is 5.32 Å². The van der Waals surface area contributed by atoms with Gasteiger partial charge in [0, 0.05) is 5.56 Å². The third-order valence-electron chi connectivity index (χ3n) is 4.07. The molecule has 0 spiro atoms. The maximum absolute atomic E-state index is 12.6. The molecule has 4 nitrogen and oxygen atoms in total. The van der Waals surface area contributed by atoms with Gasteiger partial charge in [-0.1, -0.05) is 30.3 Å². The van der Waals surface area contributed by atoms with E-state index in [-0.39, 0.29) is 5.56 Å². The summed E-state index contributed by atoms with van der Waals surface area (Å²) in [6.45, 7) is 0. The zero-order valence-electron chi connectivity index (χ0n) is 14.8. The molecule has 0 fully saturated rings. The van der Waals surface area contributed by atoms with E-state index in [1.807, 2.05) is 30.3 Å². The molecule has 0 aliphatic rings. The Morgan fingerprint density at radius 2 is 1.67 bits per heavy atom. The van der Waals surface area contributed by atoms with Crippen LogP contribution in [0.4, 0.5) is 13.2 Å². The Morgan fingerprint density at radius 1 is 1.04 bits per heavy atom. The monoisotopic (exact) mass is 379 g/mol. The van der Waals surface area contributed by atoms with Crippen molar-refractivity contribution in [2.24, 2.45) is 0 Å². The van der Waals surface area contributed by atoms with E-state index in [4.69, 9.17) is 4.74 Å². The number of carbonyl (C=O) groups excluding carboxylic acids is 2. The van der Waals surface area contributed by atoms with Crippen molar-refractivity contribution in [2.45, 2.75) is 31.5 Å². The van der Waals surface area contributed by atoms with Crippen molar-refractivity contribution >= 4 is 11.9 Å². The minimum Gasteiger partial charge on any atom is -0.467 e. The molecule has 27 heavy (non-hydrogen) atoms. The number of esters is 1. The van der Waals surface area contributed by atoms with E-state index in [0.29, 0.717) is 12.8 Å². The van der Waals surface area contributed by atoms with Crippen molar-refractivity contribution in [3.8, 4) is 0 Å². The summed E-state index contributed by atoms with van der Waals surface area (Å²) < 4.78 is 42.5. The second-order valence-corrected chi connectivity index (χ2v) is 6.00. The van der Waals surface area contributed by atoms with Crippen LogP contribution in [0.5, 0.6) is 0 Å². The molecule has 0 aliphatic carbocycles. The summed E-state index contributed by atoms with van der Waals surface area (Å²) in [6.07, 6.45) is -2.75. The third kappa shape index (κ3) is 6.13. The van der Waals surface area contributed by atoms with E-state index < -0.39 is 29.7 Å². The minimum absolute atomic E-state index is 0.0416. The Bertz CT molecular complexity index is 758. The van der Waals surface area contributed by atoms with Crippen LogP contribution in [-0.2, 0) is 22.1 Å². The van der Waals surface area contributed by atoms with Crippen molar-refractivity contribution in [2.75, 3.05) is 7.11 Å². The Labute approximate surface area is 155 Å². The smallest absolute Gasteiger partial charge is 0.416 e. The molecule has 144 valence electrons. The molecule has 0 heterocycles. The first-order valence-electron chi connectivity index (χ1n) is 8.41. The second-order valence-electron chi connectivity index (χ2n) is 6.00. The molecule has 1 atom stereocenters. The lowest BCUT2D eigenvalue weighted by atomic mass is 10.0. The number of hydrogen-bond acceptors (Lipinski definition) is 3. The number of aryl methyl sites for hydroxylation is 1. The van der Waals surface area contributed by atoms with Gasteiger partial charge < -0.3 is 10.1 Å². The third-order valence-corrected chi connectivity index (χ3v) is 4.07. The van der Waals surface area contributed by atoms with Crippen LogP contribution in [-0.4, -0.2) is 25.0 Å². The van der Waals surface area contributed by atoms with Crippen LogP contribution in [0.25, 0.3) is 0 Å². The van der Waals surface area contributed by atoms with Gasteiger partial charge in [-0.05, 0) is 49.1 Å². The molecule has 0 saturated carbocycles. The topological polar surface area (TPSA) is 55.4 Å². The standard InChI is InChI=1S/C20H20F3NO3/c1-27-19(26)17(9-5-8-14-6-3-2-4-7-14)24-18(25)15-10-12-16(13-11-15)20(21,22)23/h2-4,6-7,10-13,17H,5,8-9H2,1H3,(H,24,25)/t17-/m1/s1. The fourth-order valence-corrected chi connectivity index (χ4v) is 2.60. The Kier molecular flexibility index (Phi) is 6.98. The fourth-order valence-electron chi connectivity index (χ4n) is 2.60. The van der Waals surface area contributed by atoms with Crippen LogP contribution in [0.15, 0.2) is 54.6 Å². The highest BCUT2D eigenvalue weighted by Crippen LogP contribution is 2.29. The molecular formula is C20H20F3NO3. The summed E-state index contributed by atoms with van der Waals surface area (Å²) in [7, 11) is 1.22. The number of nitrogens with one attached hydrogen (secondary N) is 1. The van der Waals surface area contributed by atoms with Crippen molar-refractivity contribution in [1.82, 2.24) is 5.32 Å². The Balaban J connectivity index is 1.98. The van der Waals surface area contributed by atoms with Crippen LogP contribution in [0.3, 0.4) is 0 Å². The van der Waals surface area contributed by atoms with E-state index in [1.165, 1.54) is 7.11 Å². The van der Waals surface area contributed by atoms with Gasteiger partial charge in [-0.3, -0.25) is 4.79 Å². The van der Waals surface area contributed by atoms with Gasteiger partial charge in [-0.25, -0.2) is 4.79 Å². The molecule has 0 aliphatic heterocycles. The maximum atomic E-state index is 12.6. The van der Waals surface area contributed by atoms with Gasteiger partial charge in [0.05, 0.1) is 12.7 Å². The van der Waals surface area contributed by atoms with Crippen molar-refractivity contribution in [1.29, 1.82) is 0 Å². The predicted octanol–water partition coefficient (Wildman–Crippen LogP) is 4.00. The lowest BCUT2D eigenvalue weighted by Crippen LogP contribution is -2.41. The summed E-state index contributed by atoms with van der Waals surface area (Å²) in [5.41, 5.74) is 0.307. The van der Waals surface area contributed by atoms with Gasteiger partial charge in [0.15, 0.2) is 0 Å². The largest absolute Gasteiger partial charge is 0.467 e. The highest BCUT2D eigenvalue weighted by molar-refractivity contribution is 5.96. The first kappa shape index (κ1) is 20.5. The number of carbonyl (C=O) groups is 2. The average Bonchev–Trinajstić information content (AvgIpc) is 2.66. The molecule has 1 amide bonds. The van der Waals surface area contributed by atoms with Crippen LogP contribution in [0, 0.1) is 0 Å². The van der Waals surface area contributed by atoms with Gasteiger partial charge in [0.1, 0.15) is 6.04 Å². The summed E-state index contributed by atoms with van der Waals surface area (Å²) in [4.78, 5) is 24.2. The summed E-state index contributed by atoms with van der Waals surface area (Å²) in [5.74, 6) is -1.22. The zero-order valence-corrected chi connectivity index (χ0v) is 14.8. The van der Waals surface area contributed by atoms with Gasteiger partial charge in [0.2, 0.25) is 0 Å². The number of ether oxygens (including phenoxy) is 1. The van der Waals surface area contributed by atoms with Crippen LogP contribution >= 0.6 is 0 Å². The second kappa shape index (κ2) is 9.21. The highest BCUT2D eigenvalue weighted by atomic mass is 19.4. The predicted molar refractivity (Wildman–Crippen MR) is 94.1 cm³/mol. The molecule has 0 radical (unpaired) electrons. The van der Waals surface area contributed by atoms with Crippen molar-refractivity contribution < 1.29 is 27.5 Å². The number of halogens is 3. The van der Waals surface area contributed by atoms with E-state index >= 15 is 0 Å². The number of methoxy groups -OCH3 is 1. The van der Waals surface area contributed by atoms with Crippen LogP contribution in [0.2, 0.25) is 0 Å². The summed E-state index contributed by atoms with van der Waals surface area (Å²) in [6, 6.07) is 12.6. The van der Waals surface area contributed by atoms with Gasteiger partial charge in [-0.15, -0.1) is 0 Å². The summed E-state index contributed by atoms with van der Waals surface area (Å²) >= 11 is 0. The number of hydrogen-bond donors (Lipinski definition) is 1. The molecule has 0 unspecified atom stereocenters. The first-order valence-corrected chi connectivity index (χ1v) is 8.41. The molecule has 2 aromatic rings. The molecule has 1 N–H and O–H groups in total. The Morgan fingerprint density at radius 3 is 2.22 bits per heavy atom. The number of rotatable bonds is 7. The normalized spacial score (nSPS) is 12.3. The van der Waals surface area contributed by atoms with Gasteiger partial charge in [0.25, 0.3) is 5.91 Å². The Hall–Kier alpha value is -2.83. The minimum atomic E-state index is -4.47. The number of amides is 1. The fraction of sp³-hybridized carbons (Fsp3) is 0.300. The lowest BCUT2D eigenvalue weighted by molar-refractivity contribution is -0.143. The maximum Gasteiger partial charge on any atom is 0.416 e.